The number of nitrogens with zero attached hydrogens (tertiary/aromatic N) is 2. The maximum absolute atomic E-state index is 13.0. The molecule has 2 aromatic rings. The van der Waals surface area contributed by atoms with Crippen LogP contribution in [0.5, 0.6) is 11.5 Å². The molecule has 3 rings (SSSR count). The first-order chi connectivity index (χ1) is 15.0. The zero-order chi connectivity index (χ0) is 22.4. The van der Waals surface area contributed by atoms with Crippen molar-refractivity contribution in [3.05, 3.63) is 58.5 Å². The molecular weight excluding hydrogens is 416 g/mol. The van der Waals surface area contributed by atoms with Crippen LogP contribution in [0.1, 0.15) is 29.8 Å². The lowest BCUT2D eigenvalue weighted by Crippen LogP contribution is -2.28. The van der Waals surface area contributed by atoms with Crippen molar-refractivity contribution < 1.29 is 23.8 Å². The summed E-state index contributed by atoms with van der Waals surface area (Å²) < 4.78 is 15.9. The molecular formula is C23H24N2O5S. The Morgan fingerprint density at radius 3 is 2.48 bits per heavy atom. The van der Waals surface area contributed by atoms with Crippen molar-refractivity contribution in [2.24, 2.45) is 4.99 Å². The maximum Gasteiger partial charge on any atom is 0.337 e. The molecule has 162 valence electrons. The van der Waals surface area contributed by atoms with Gasteiger partial charge in [-0.1, -0.05) is 12.1 Å². The molecule has 7 nitrogen and oxygen atoms in total. The zero-order valence-corrected chi connectivity index (χ0v) is 18.7. The zero-order valence-electron chi connectivity index (χ0n) is 17.9. The lowest BCUT2D eigenvalue weighted by molar-refractivity contribution is -0.122. The summed E-state index contributed by atoms with van der Waals surface area (Å²) in [4.78, 5) is 31.3. The number of carbonyl (C=O) groups excluding carboxylic acids is 2. The monoisotopic (exact) mass is 440 g/mol. The van der Waals surface area contributed by atoms with Crippen molar-refractivity contribution >= 4 is 40.6 Å². The Morgan fingerprint density at radius 2 is 1.87 bits per heavy atom. The Kier molecular flexibility index (Phi) is 7.36. The highest BCUT2D eigenvalue weighted by Gasteiger charge is 2.32. The van der Waals surface area contributed by atoms with Crippen LogP contribution in [-0.4, -0.2) is 49.3 Å². The van der Waals surface area contributed by atoms with E-state index in [0.29, 0.717) is 46.0 Å². The number of rotatable bonds is 7. The minimum Gasteiger partial charge on any atom is -0.493 e. The molecule has 1 aliphatic rings. The van der Waals surface area contributed by atoms with Crippen LogP contribution >= 0.6 is 11.8 Å². The van der Waals surface area contributed by atoms with Crippen LogP contribution < -0.4 is 9.47 Å². The van der Waals surface area contributed by atoms with E-state index in [1.54, 1.807) is 42.4 Å². The Balaban J connectivity index is 1.93. The van der Waals surface area contributed by atoms with Gasteiger partial charge in [0.25, 0.3) is 5.91 Å². The van der Waals surface area contributed by atoms with Gasteiger partial charge in [-0.15, -0.1) is 0 Å². The van der Waals surface area contributed by atoms with Crippen LogP contribution in [0.25, 0.3) is 6.08 Å². The second-order valence-corrected chi connectivity index (χ2v) is 7.41. The number of hydrogen-bond donors (Lipinski definition) is 0. The van der Waals surface area contributed by atoms with Gasteiger partial charge in [-0.2, -0.15) is 0 Å². The third kappa shape index (κ3) is 4.91. The smallest absolute Gasteiger partial charge is 0.337 e. The first-order valence-electron chi connectivity index (χ1n) is 9.80. The first kappa shape index (κ1) is 22.4. The predicted octanol–water partition coefficient (Wildman–Crippen LogP) is 4.50. The number of esters is 1. The van der Waals surface area contributed by atoms with Gasteiger partial charge in [0.1, 0.15) is 0 Å². The van der Waals surface area contributed by atoms with Crippen molar-refractivity contribution in [3.8, 4) is 11.5 Å². The number of ether oxygens (including phenoxy) is 3. The van der Waals surface area contributed by atoms with E-state index >= 15 is 0 Å². The quantitative estimate of drug-likeness (QED) is 0.466. The Bertz CT molecular complexity index is 1030. The maximum atomic E-state index is 13.0. The summed E-state index contributed by atoms with van der Waals surface area (Å²) in [6.45, 7) is 4.76. The molecule has 31 heavy (non-hydrogen) atoms. The molecule has 1 heterocycles. The predicted molar refractivity (Wildman–Crippen MR) is 122 cm³/mol. The van der Waals surface area contributed by atoms with Crippen molar-refractivity contribution in [2.75, 3.05) is 27.4 Å². The number of methoxy groups -OCH3 is 2. The third-order valence-corrected chi connectivity index (χ3v) is 5.53. The molecule has 0 spiro atoms. The van der Waals surface area contributed by atoms with Crippen LogP contribution in [0.4, 0.5) is 5.69 Å². The van der Waals surface area contributed by atoms with E-state index in [1.807, 2.05) is 32.0 Å². The van der Waals surface area contributed by atoms with Crippen molar-refractivity contribution in [2.45, 2.75) is 13.8 Å². The second kappa shape index (κ2) is 10.2. The fraction of sp³-hybridized carbons (Fsp3) is 0.261. The SMILES string of the molecule is CCOc1c(/C=C2/SC(=Nc3ccc(C(=O)OC)cc3)N(CC)C2=O)cccc1OC. The molecule has 0 radical (unpaired) electrons. The molecule has 2 aromatic carbocycles. The van der Waals surface area contributed by atoms with E-state index in [0.717, 1.165) is 5.56 Å². The number of amidine groups is 1. The van der Waals surface area contributed by atoms with E-state index < -0.39 is 5.97 Å². The number of carbonyl (C=O) groups is 2. The van der Waals surface area contributed by atoms with Gasteiger partial charge < -0.3 is 14.2 Å². The van der Waals surface area contributed by atoms with Crippen LogP contribution in [0.15, 0.2) is 52.4 Å². The lowest BCUT2D eigenvalue weighted by atomic mass is 10.1. The number of hydrogen-bond acceptors (Lipinski definition) is 7. The number of likely N-dealkylation sites (N-methyl/N-ethyl adjacent to an activating group) is 1. The van der Waals surface area contributed by atoms with Gasteiger partial charge in [0.2, 0.25) is 0 Å². The number of thioether (sulfide) groups is 1. The third-order valence-electron chi connectivity index (χ3n) is 4.52. The van der Waals surface area contributed by atoms with Crippen LogP contribution in [0.3, 0.4) is 0 Å². The molecule has 0 aromatic heterocycles. The molecule has 0 unspecified atom stereocenters. The van der Waals surface area contributed by atoms with Gasteiger partial charge in [0.15, 0.2) is 16.7 Å². The highest BCUT2D eigenvalue weighted by molar-refractivity contribution is 8.18. The minimum atomic E-state index is -0.409. The van der Waals surface area contributed by atoms with Crippen molar-refractivity contribution in [1.29, 1.82) is 0 Å². The van der Waals surface area contributed by atoms with Gasteiger partial charge in [-0.05, 0) is 62.0 Å². The highest BCUT2D eigenvalue weighted by Crippen LogP contribution is 2.38. The average Bonchev–Trinajstić information content (AvgIpc) is 3.08. The normalized spacial score (nSPS) is 16.1. The molecule has 0 bridgehead atoms. The molecule has 0 saturated carbocycles. The lowest BCUT2D eigenvalue weighted by Gasteiger charge is -2.13. The van der Waals surface area contributed by atoms with Crippen molar-refractivity contribution in [1.82, 2.24) is 4.90 Å². The Labute approximate surface area is 185 Å². The fourth-order valence-corrected chi connectivity index (χ4v) is 4.07. The van der Waals surface area contributed by atoms with E-state index in [4.69, 9.17) is 14.2 Å². The molecule has 8 heteroatoms. The van der Waals surface area contributed by atoms with Crippen LogP contribution in [-0.2, 0) is 9.53 Å². The number of aliphatic imine (C=N–C) groups is 1. The van der Waals surface area contributed by atoms with E-state index in [9.17, 15) is 9.59 Å². The summed E-state index contributed by atoms with van der Waals surface area (Å²) in [6.07, 6.45) is 1.80. The second-order valence-electron chi connectivity index (χ2n) is 6.40. The molecule has 1 amide bonds. The molecule has 1 aliphatic heterocycles. The largest absolute Gasteiger partial charge is 0.493 e. The summed E-state index contributed by atoms with van der Waals surface area (Å²) >= 11 is 1.30. The van der Waals surface area contributed by atoms with E-state index in [1.165, 1.54) is 18.9 Å². The van der Waals surface area contributed by atoms with Crippen LogP contribution in [0, 0.1) is 0 Å². The van der Waals surface area contributed by atoms with Gasteiger partial charge in [0, 0.05) is 12.1 Å². The summed E-state index contributed by atoms with van der Waals surface area (Å²) in [5.41, 5.74) is 1.84. The number of amides is 1. The topological polar surface area (TPSA) is 77.4 Å². The fourth-order valence-electron chi connectivity index (χ4n) is 3.02. The number of para-hydroxylation sites is 1. The van der Waals surface area contributed by atoms with Crippen molar-refractivity contribution in [3.63, 3.8) is 0 Å². The molecule has 1 fully saturated rings. The van der Waals surface area contributed by atoms with Crippen LogP contribution in [0.2, 0.25) is 0 Å². The summed E-state index contributed by atoms with van der Waals surface area (Å²) in [5, 5.41) is 0.574. The Morgan fingerprint density at radius 1 is 1.13 bits per heavy atom. The summed E-state index contributed by atoms with van der Waals surface area (Å²) in [7, 11) is 2.92. The highest BCUT2D eigenvalue weighted by atomic mass is 32.2. The van der Waals surface area contributed by atoms with Gasteiger partial charge in [-0.3, -0.25) is 9.69 Å². The summed E-state index contributed by atoms with van der Waals surface area (Å²) in [6, 6.07) is 12.3. The molecule has 1 saturated heterocycles. The van der Waals surface area contributed by atoms with Gasteiger partial charge >= 0.3 is 5.97 Å². The molecule has 0 atom stereocenters. The Hall–Kier alpha value is -3.26. The van der Waals surface area contributed by atoms with Gasteiger partial charge in [0.05, 0.1) is 37.0 Å². The standard InChI is InChI=1S/C23H24N2O5S/c1-5-25-21(26)19(14-16-8-7-9-18(28-3)20(16)30-6-2)31-23(25)24-17-12-10-15(11-13-17)22(27)29-4/h7-14H,5-6H2,1-4H3/b19-14+,24-23?. The average molecular weight is 441 g/mol. The number of benzene rings is 2. The summed E-state index contributed by atoms with van der Waals surface area (Å²) in [5.74, 6) is 0.676. The van der Waals surface area contributed by atoms with E-state index in [-0.39, 0.29) is 5.91 Å². The first-order valence-corrected chi connectivity index (χ1v) is 10.6. The van der Waals surface area contributed by atoms with Gasteiger partial charge in [-0.25, -0.2) is 9.79 Å². The molecule has 0 N–H and O–H groups in total. The van der Waals surface area contributed by atoms with E-state index in [2.05, 4.69) is 4.99 Å². The minimum absolute atomic E-state index is 0.123. The molecule has 0 aliphatic carbocycles.